The van der Waals surface area contributed by atoms with E-state index in [1.165, 1.54) is 24.5 Å². The number of amides is 2. The largest absolute Gasteiger partial charge is 0.467 e. The zero-order chi connectivity index (χ0) is 16.1. The van der Waals surface area contributed by atoms with Crippen LogP contribution in [0.15, 0.2) is 41.0 Å². The van der Waals surface area contributed by atoms with Gasteiger partial charge in [0.25, 0.3) is 0 Å². The van der Waals surface area contributed by atoms with Crippen molar-refractivity contribution in [3.63, 3.8) is 0 Å². The fourth-order valence-electron chi connectivity index (χ4n) is 1.62. The lowest BCUT2D eigenvalue weighted by Gasteiger charge is -2.10. The van der Waals surface area contributed by atoms with Crippen LogP contribution in [-0.4, -0.2) is 23.5 Å². The number of hydrogen-bond donors (Lipinski definition) is 3. The summed E-state index contributed by atoms with van der Waals surface area (Å²) < 4.78 is 18.4. The van der Waals surface area contributed by atoms with E-state index in [4.69, 9.17) is 16.0 Å². The van der Waals surface area contributed by atoms with E-state index in [1.807, 2.05) is 0 Å². The van der Waals surface area contributed by atoms with Crippen molar-refractivity contribution < 1.29 is 23.5 Å². The van der Waals surface area contributed by atoms with Crippen molar-refractivity contribution in [3.05, 3.63) is 53.2 Å². The molecule has 2 amide bonds. The Morgan fingerprint density at radius 3 is 2.77 bits per heavy atom. The molecular weight excluding hydrogens is 315 g/mol. The van der Waals surface area contributed by atoms with Gasteiger partial charge in [-0.15, -0.1) is 0 Å². The lowest BCUT2D eigenvalue weighted by molar-refractivity contribution is -0.136. The molecule has 0 bridgehead atoms. The van der Waals surface area contributed by atoms with Crippen LogP contribution in [0.4, 0.5) is 10.1 Å². The van der Waals surface area contributed by atoms with E-state index in [9.17, 15) is 19.1 Å². The number of anilines is 1. The molecule has 1 aromatic carbocycles. The SMILES string of the molecule is O=C(NCC(O)c1ccco1)C(=O)Nc1cc(Cl)ccc1F. The van der Waals surface area contributed by atoms with Gasteiger partial charge in [-0.2, -0.15) is 0 Å². The van der Waals surface area contributed by atoms with Crippen LogP contribution in [0.25, 0.3) is 0 Å². The van der Waals surface area contributed by atoms with Crippen LogP contribution in [0.2, 0.25) is 5.02 Å². The minimum Gasteiger partial charge on any atom is -0.467 e. The van der Waals surface area contributed by atoms with Gasteiger partial charge in [-0.25, -0.2) is 4.39 Å². The maximum atomic E-state index is 13.4. The van der Waals surface area contributed by atoms with Gasteiger partial charge in [0, 0.05) is 5.02 Å². The number of hydrogen-bond acceptors (Lipinski definition) is 4. The maximum absolute atomic E-state index is 13.4. The van der Waals surface area contributed by atoms with E-state index in [0.717, 1.165) is 6.07 Å². The van der Waals surface area contributed by atoms with Gasteiger partial charge in [0.2, 0.25) is 0 Å². The number of aliphatic hydroxyl groups excluding tert-OH is 1. The number of halogens is 2. The summed E-state index contributed by atoms with van der Waals surface area (Å²) in [5.41, 5.74) is -0.209. The first-order valence-corrected chi connectivity index (χ1v) is 6.61. The zero-order valence-electron chi connectivity index (χ0n) is 11.2. The molecule has 0 aliphatic carbocycles. The van der Waals surface area contributed by atoms with Crippen LogP contribution < -0.4 is 10.6 Å². The number of aliphatic hydroxyl groups is 1. The van der Waals surface area contributed by atoms with Crippen molar-refractivity contribution in [2.24, 2.45) is 0 Å². The lowest BCUT2D eigenvalue weighted by atomic mass is 10.2. The normalized spacial score (nSPS) is 11.8. The van der Waals surface area contributed by atoms with Gasteiger partial charge in [0.15, 0.2) is 0 Å². The van der Waals surface area contributed by atoms with E-state index in [2.05, 4.69) is 10.6 Å². The molecule has 0 aliphatic rings. The molecule has 2 aromatic rings. The molecule has 0 radical (unpaired) electrons. The standard InChI is InChI=1S/C14H12ClFN2O4/c15-8-3-4-9(16)10(6-8)18-14(21)13(20)17-7-11(19)12-2-1-5-22-12/h1-6,11,19H,7H2,(H,17,20)(H,18,21). The third-order valence-corrected chi connectivity index (χ3v) is 2.95. The van der Waals surface area contributed by atoms with Crippen LogP contribution in [0.5, 0.6) is 0 Å². The molecule has 6 nitrogen and oxygen atoms in total. The molecule has 22 heavy (non-hydrogen) atoms. The Bertz CT molecular complexity index is 675. The van der Waals surface area contributed by atoms with Crippen molar-refractivity contribution >= 4 is 29.1 Å². The Kier molecular flexibility index (Phi) is 5.13. The van der Waals surface area contributed by atoms with Gasteiger partial charge in [0.1, 0.15) is 17.7 Å². The van der Waals surface area contributed by atoms with Crippen molar-refractivity contribution in [1.82, 2.24) is 5.32 Å². The summed E-state index contributed by atoms with van der Waals surface area (Å²) in [7, 11) is 0. The fraction of sp³-hybridized carbons (Fsp3) is 0.143. The smallest absolute Gasteiger partial charge is 0.313 e. The first kappa shape index (κ1) is 16.0. The summed E-state index contributed by atoms with van der Waals surface area (Å²) in [5, 5.41) is 14.2. The first-order valence-electron chi connectivity index (χ1n) is 6.23. The predicted molar refractivity (Wildman–Crippen MR) is 76.7 cm³/mol. The highest BCUT2D eigenvalue weighted by atomic mass is 35.5. The molecule has 1 atom stereocenters. The number of furan rings is 1. The third kappa shape index (κ3) is 4.06. The number of rotatable bonds is 4. The molecule has 0 saturated heterocycles. The number of benzene rings is 1. The average molecular weight is 327 g/mol. The van der Waals surface area contributed by atoms with Gasteiger partial charge in [-0.1, -0.05) is 11.6 Å². The molecule has 0 fully saturated rings. The number of carbonyl (C=O) groups is 2. The quantitative estimate of drug-likeness (QED) is 0.748. The minimum atomic E-state index is -1.09. The second kappa shape index (κ2) is 7.06. The Morgan fingerprint density at radius 1 is 1.32 bits per heavy atom. The highest BCUT2D eigenvalue weighted by Gasteiger charge is 2.18. The summed E-state index contributed by atoms with van der Waals surface area (Å²) in [6.45, 7) is -0.224. The highest BCUT2D eigenvalue weighted by molar-refractivity contribution is 6.39. The van der Waals surface area contributed by atoms with E-state index >= 15 is 0 Å². The Balaban J connectivity index is 1.89. The predicted octanol–water partition coefficient (Wildman–Crippen LogP) is 1.86. The van der Waals surface area contributed by atoms with Crippen LogP contribution >= 0.6 is 11.6 Å². The molecule has 0 aliphatic heterocycles. The lowest BCUT2D eigenvalue weighted by Crippen LogP contribution is -2.37. The molecular formula is C14H12ClFN2O4. The van der Waals surface area contributed by atoms with Crippen LogP contribution in [0, 0.1) is 5.82 Å². The minimum absolute atomic E-state index is 0.209. The van der Waals surface area contributed by atoms with Crippen molar-refractivity contribution in [3.8, 4) is 0 Å². The summed E-state index contributed by atoms with van der Waals surface area (Å²) in [6.07, 6.45) is 0.282. The summed E-state index contributed by atoms with van der Waals surface area (Å²) >= 11 is 5.68. The molecule has 3 N–H and O–H groups in total. The van der Waals surface area contributed by atoms with Crippen LogP contribution in [-0.2, 0) is 9.59 Å². The Hall–Kier alpha value is -2.38. The first-order chi connectivity index (χ1) is 10.5. The topological polar surface area (TPSA) is 91.6 Å². The van der Waals surface area contributed by atoms with Crippen LogP contribution in [0.1, 0.15) is 11.9 Å². The highest BCUT2D eigenvalue weighted by Crippen LogP contribution is 2.19. The monoisotopic (exact) mass is 326 g/mol. The van der Waals surface area contributed by atoms with Crippen LogP contribution in [0.3, 0.4) is 0 Å². The Labute approximate surface area is 129 Å². The molecule has 1 heterocycles. The number of nitrogens with one attached hydrogen (secondary N) is 2. The van der Waals surface area contributed by atoms with Crippen molar-refractivity contribution in [2.75, 3.05) is 11.9 Å². The van der Waals surface area contributed by atoms with Crippen molar-refractivity contribution in [2.45, 2.75) is 6.10 Å². The van der Waals surface area contributed by atoms with Crippen molar-refractivity contribution in [1.29, 1.82) is 0 Å². The van der Waals surface area contributed by atoms with Gasteiger partial charge < -0.3 is 20.2 Å². The molecule has 0 spiro atoms. The van der Waals surface area contributed by atoms with E-state index in [0.29, 0.717) is 0 Å². The zero-order valence-corrected chi connectivity index (χ0v) is 11.9. The Morgan fingerprint density at radius 2 is 2.09 bits per heavy atom. The summed E-state index contributed by atoms with van der Waals surface area (Å²) in [5.74, 6) is -2.57. The second-order valence-electron chi connectivity index (χ2n) is 4.32. The summed E-state index contributed by atoms with van der Waals surface area (Å²) in [6, 6.07) is 6.66. The average Bonchev–Trinajstić information content (AvgIpc) is 3.02. The molecule has 116 valence electrons. The van der Waals surface area contributed by atoms with E-state index < -0.39 is 23.7 Å². The van der Waals surface area contributed by atoms with Gasteiger partial charge in [-0.05, 0) is 30.3 Å². The van der Waals surface area contributed by atoms with Gasteiger partial charge >= 0.3 is 11.8 Å². The molecule has 2 rings (SSSR count). The molecule has 1 unspecified atom stereocenters. The van der Waals surface area contributed by atoms with Gasteiger partial charge in [0.05, 0.1) is 18.5 Å². The number of carbonyl (C=O) groups excluding carboxylic acids is 2. The van der Waals surface area contributed by atoms with E-state index in [1.54, 1.807) is 6.07 Å². The fourth-order valence-corrected chi connectivity index (χ4v) is 1.80. The molecule has 1 aromatic heterocycles. The molecule has 0 saturated carbocycles. The third-order valence-electron chi connectivity index (χ3n) is 2.71. The molecule has 8 heteroatoms. The summed E-state index contributed by atoms with van der Waals surface area (Å²) in [4.78, 5) is 23.2. The second-order valence-corrected chi connectivity index (χ2v) is 4.76. The van der Waals surface area contributed by atoms with E-state index in [-0.39, 0.29) is 23.0 Å². The van der Waals surface area contributed by atoms with Gasteiger partial charge in [-0.3, -0.25) is 9.59 Å². The maximum Gasteiger partial charge on any atom is 0.313 e.